The average Bonchev–Trinajstić information content (AvgIpc) is 2.21. The molecule has 1 aromatic rings. The Morgan fingerprint density at radius 1 is 1.44 bits per heavy atom. The molecule has 0 aromatic heterocycles. The van der Waals surface area contributed by atoms with E-state index in [4.69, 9.17) is 5.11 Å². The Morgan fingerprint density at radius 3 is 2.44 bits per heavy atom. The molecular formula is C9H5BrF2O4. The number of hydrogen-bond acceptors (Lipinski definition) is 3. The van der Waals surface area contributed by atoms with Gasteiger partial charge in [0.15, 0.2) is 17.4 Å². The second-order valence-corrected chi connectivity index (χ2v) is 3.55. The van der Waals surface area contributed by atoms with Gasteiger partial charge in [-0.2, -0.15) is 0 Å². The van der Waals surface area contributed by atoms with E-state index >= 15 is 0 Å². The number of carbonyl (C=O) groups is 2. The molecule has 0 atom stereocenters. The molecule has 0 spiro atoms. The molecular weight excluding hydrogens is 290 g/mol. The minimum atomic E-state index is -1.89. The number of rotatable bonds is 3. The highest BCUT2D eigenvalue weighted by Crippen LogP contribution is 2.31. The van der Waals surface area contributed by atoms with Crippen LogP contribution in [0.2, 0.25) is 0 Å². The first-order valence-corrected chi connectivity index (χ1v) is 4.68. The predicted octanol–water partition coefficient (Wildman–Crippen LogP) is 2.00. The third-order valence-corrected chi connectivity index (χ3v) is 2.33. The number of hydrogen-bond donors (Lipinski definition) is 1. The largest absolute Gasteiger partial charge is 0.493 e. The Kier molecular flexibility index (Phi) is 3.58. The maximum Gasteiger partial charge on any atom is 0.377 e. The quantitative estimate of drug-likeness (QED) is 0.526. The van der Waals surface area contributed by atoms with Crippen molar-refractivity contribution in [1.82, 2.24) is 0 Å². The van der Waals surface area contributed by atoms with Gasteiger partial charge in [0.2, 0.25) is 0 Å². The van der Waals surface area contributed by atoms with Crippen molar-refractivity contribution in [2.45, 2.75) is 0 Å². The molecule has 0 aliphatic carbocycles. The third-order valence-electron chi connectivity index (χ3n) is 1.75. The summed E-state index contributed by atoms with van der Waals surface area (Å²) in [5, 5.41) is 8.45. The zero-order valence-electron chi connectivity index (χ0n) is 7.88. The van der Waals surface area contributed by atoms with Crippen LogP contribution in [0.3, 0.4) is 0 Å². The molecule has 1 N–H and O–H groups in total. The minimum Gasteiger partial charge on any atom is -0.493 e. The van der Waals surface area contributed by atoms with Crippen LogP contribution in [0.1, 0.15) is 10.4 Å². The zero-order valence-corrected chi connectivity index (χ0v) is 9.47. The number of aliphatic carboxylic acids is 1. The van der Waals surface area contributed by atoms with Gasteiger partial charge < -0.3 is 9.84 Å². The lowest BCUT2D eigenvalue weighted by molar-refractivity contribution is -0.131. The van der Waals surface area contributed by atoms with E-state index < -0.39 is 34.7 Å². The molecule has 0 aliphatic rings. The number of ether oxygens (including phenoxy) is 1. The van der Waals surface area contributed by atoms with Gasteiger partial charge in [-0.25, -0.2) is 13.6 Å². The number of halogens is 3. The van der Waals surface area contributed by atoms with Crippen LogP contribution in [0.5, 0.6) is 5.75 Å². The lowest BCUT2D eigenvalue weighted by Crippen LogP contribution is -2.17. The molecule has 86 valence electrons. The summed E-state index contributed by atoms with van der Waals surface area (Å²) >= 11 is 2.66. The number of carbonyl (C=O) groups excluding carboxylic acids is 1. The van der Waals surface area contributed by atoms with Gasteiger partial charge in [-0.15, -0.1) is 0 Å². The van der Waals surface area contributed by atoms with Gasteiger partial charge in [0.1, 0.15) is 5.56 Å². The normalized spacial score (nSPS) is 10.0. The molecule has 4 nitrogen and oxygen atoms in total. The standard InChI is InChI=1S/C9H5BrF2O4/c1-16-8-4(11)2-3(10)6(12)5(8)7(13)9(14)15/h2H,1H3,(H,14,15). The van der Waals surface area contributed by atoms with Gasteiger partial charge in [-0.3, -0.25) is 4.79 Å². The zero-order chi connectivity index (χ0) is 12.5. The van der Waals surface area contributed by atoms with Crippen LogP contribution < -0.4 is 4.74 Å². The van der Waals surface area contributed by atoms with E-state index in [0.29, 0.717) is 0 Å². The number of carboxylic acid groups (broad SMARTS) is 1. The van der Waals surface area contributed by atoms with Gasteiger partial charge in [0.25, 0.3) is 5.78 Å². The first-order valence-electron chi connectivity index (χ1n) is 3.89. The monoisotopic (exact) mass is 294 g/mol. The molecule has 0 fully saturated rings. The minimum absolute atomic E-state index is 0.351. The Bertz CT molecular complexity index is 473. The summed E-state index contributed by atoms with van der Waals surface area (Å²) in [6, 6.07) is 0.743. The predicted molar refractivity (Wildman–Crippen MR) is 52.6 cm³/mol. The lowest BCUT2D eigenvalue weighted by Gasteiger charge is -2.09. The van der Waals surface area contributed by atoms with Crippen molar-refractivity contribution in [2.75, 3.05) is 7.11 Å². The highest BCUT2D eigenvalue weighted by atomic mass is 79.9. The molecule has 7 heteroatoms. The van der Waals surface area contributed by atoms with Crippen molar-refractivity contribution in [2.24, 2.45) is 0 Å². The SMILES string of the molecule is COc1c(F)cc(Br)c(F)c1C(=O)C(=O)O. The Labute approximate surface area is 97.0 Å². The van der Waals surface area contributed by atoms with E-state index in [1.54, 1.807) is 0 Å². The smallest absolute Gasteiger partial charge is 0.377 e. The van der Waals surface area contributed by atoms with Gasteiger partial charge in [0.05, 0.1) is 11.6 Å². The van der Waals surface area contributed by atoms with E-state index in [1.807, 2.05) is 0 Å². The van der Waals surface area contributed by atoms with Gasteiger partial charge >= 0.3 is 5.97 Å². The molecule has 1 rings (SSSR count). The Balaban J connectivity index is 3.57. The Morgan fingerprint density at radius 2 is 2.00 bits per heavy atom. The molecule has 1 aromatic carbocycles. The van der Waals surface area contributed by atoms with E-state index in [9.17, 15) is 18.4 Å². The van der Waals surface area contributed by atoms with Crippen molar-refractivity contribution in [1.29, 1.82) is 0 Å². The second-order valence-electron chi connectivity index (χ2n) is 2.70. The van der Waals surface area contributed by atoms with Crippen molar-refractivity contribution >= 4 is 27.7 Å². The van der Waals surface area contributed by atoms with E-state index in [-0.39, 0.29) is 4.47 Å². The number of ketones is 1. The fraction of sp³-hybridized carbons (Fsp3) is 0.111. The van der Waals surface area contributed by atoms with E-state index in [2.05, 4.69) is 20.7 Å². The van der Waals surface area contributed by atoms with Crippen molar-refractivity contribution < 1.29 is 28.2 Å². The van der Waals surface area contributed by atoms with Crippen molar-refractivity contribution in [3.05, 3.63) is 27.7 Å². The topological polar surface area (TPSA) is 63.6 Å². The molecule has 0 unspecified atom stereocenters. The van der Waals surface area contributed by atoms with Crippen LogP contribution in [0.25, 0.3) is 0 Å². The third kappa shape index (κ3) is 2.04. The first kappa shape index (κ1) is 12.6. The molecule has 16 heavy (non-hydrogen) atoms. The molecule has 0 aliphatic heterocycles. The fourth-order valence-corrected chi connectivity index (χ4v) is 1.49. The maximum atomic E-state index is 13.5. The Hall–Kier alpha value is -1.50. The van der Waals surface area contributed by atoms with Crippen LogP contribution in [0.4, 0.5) is 8.78 Å². The van der Waals surface area contributed by atoms with Crippen molar-refractivity contribution in [3.8, 4) is 5.75 Å². The summed E-state index contributed by atoms with van der Waals surface area (Å²) in [7, 11) is 1.00. The number of methoxy groups -OCH3 is 1. The molecule has 0 saturated heterocycles. The summed E-state index contributed by atoms with van der Waals surface area (Å²) in [5.74, 6) is -6.40. The van der Waals surface area contributed by atoms with E-state index in [1.165, 1.54) is 0 Å². The molecule has 0 radical (unpaired) electrons. The van der Waals surface area contributed by atoms with Crippen LogP contribution in [-0.2, 0) is 4.79 Å². The summed E-state index contributed by atoms with van der Waals surface area (Å²) in [6.07, 6.45) is 0. The summed E-state index contributed by atoms with van der Waals surface area (Å²) < 4.78 is 30.8. The van der Waals surface area contributed by atoms with Crippen LogP contribution >= 0.6 is 15.9 Å². The number of benzene rings is 1. The van der Waals surface area contributed by atoms with Gasteiger partial charge in [0, 0.05) is 0 Å². The number of Topliss-reactive ketones (excluding diaryl/α,β-unsaturated/α-hetero) is 1. The number of carboxylic acids is 1. The average molecular weight is 295 g/mol. The van der Waals surface area contributed by atoms with Crippen LogP contribution in [0, 0.1) is 11.6 Å². The maximum absolute atomic E-state index is 13.5. The summed E-state index contributed by atoms with van der Waals surface area (Å²) in [4.78, 5) is 21.6. The van der Waals surface area contributed by atoms with Crippen molar-refractivity contribution in [3.63, 3.8) is 0 Å². The highest BCUT2D eigenvalue weighted by Gasteiger charge is 2.28. The van der Waals surface area contributed by atoms with Crippen LogP contribution in [0.15, 0.2) is 10.5 Å². The first-order chi connectivity index (χ1) is 7.40. The van der Waals surface area contributed by atoms with Gasteiger partial charge in [-0.05, 0) is 22.0 Å². The molecule has 0 heterocycles. The highest BCUT2D eigenvalue weighted by molar-refractivity contribution is 9.10. The second kappa shape index (κ2) is 4.56. The molecule has 0 bridgehead atoms. The van der Waals surface area contributed by atoms with Crippen LogP contribution in [-0.4, -0.2) is 24.0 Å². The van der Waals surface area contributed by atoms with Gasteiger partial charge in [-0.1, -0.05) is 0 Å². The van der Waals surface area contributed by atoms with E-state index in [0.717, 1.165) is 13.2 Å². The molecule has 0 saturated carbocycles. The lowest BCUT2D eigenvalue weighted by atomic mass is 10.1. The fourth-order valence-electron chi connectivity index (χ4n) is 1.09. The summed E-state index contributed by atoms with van der Waals surface area (Å²) in [5.41, 5.74) is -0.943. The summed E-state index contributed by atoms with van der Waals surface area (Å²) in [6.45, 7) is 0. The molecule has 0 amide bonds.